The average molecular weight is 287 g/mol. The van der Waals surface area contributed by atoms with Gasteiger partial charge >= 0.3 is 0 Å². The van der Waals surface area contributed by atoms with Gasteiger partial charge in [-0.15, -0.1) is 0 Å². The molecule has 1 unspecified atom stereocenters. The van der Waals surface area contributed by atoms with E-state index in [1.54, 1.807) is 6.92 Å². The standard InChI is InChI=1S/C11H15BrN2O2/c1-7(11(13)15)16-10-4-3-9(12)5-8(10)6-14-2/h3-5,7,14H,6H2,1-2H3,(H2,13,15). The van der Waals surface area contributed by atoms with Crippen LogP contribution in [0.5, 0.6) is 5.75 Å². The van der Waals surface area contributed by atoms with Gasteiger partial charge in [0.1, 0.15) is 5.75 Å². The van der Waals surface area contributed by atoms with Crippen LogP contribution in [-0.4, -0.2) is 19.1 Å². The van der Waals surface area contributed by atoms with Crippen LogP contribution in [0.15, 0.2) is 22.7 Å². The Morgan fingerprint density at radius 2 is 2.31 bits per heavy atom. The molecular formula is C11H15BrN2O2. The number of benzene rings is 1. The van der Waals surface area contributed by atoms with Gasteiger partial charge in [0.05, 0.1) is 0 Å². The molecule has 1 aromatic carbocycles. The fourth-order valence-electron chi connectivity index (χ4n) is 1.24. The zero-order valence-electron chi connectivity index (χ0n) is 9.29. The summed E-state index contributed by atoms with van der Waals surface area (Å²) in [6.07, 6.45) is -0.628. The van der Waals surface area contributed by atoms with Crippen LogP contribution in [0.2, 0.25) is 0 Å². The maximum atomic E-state index is 10.9. The monoisotopic (exact) mass is 286 g/mol. The van der Waals surface area contributed by atoms with Crippen LogP contribution in [0.1, 0.15) is 12.5 Å². The number of ether oxygens (including phenoxy) is 1. The molecule has 0 bridgehead atoms. The summed E-state index contributed by atoms with van der Waals surface area (Å²) in [7, 11) is 1.85. The number of hydrogen-bond donors (Lipinski definition) is 2. The van der Waals surface area contributed by atoms with Gasteiger partial charge in [0, 0.05) is 16.6 Å². The smallest absolute Gasteiger partial charge is 0.258 e. The lowest BCUT2D eigenvalue weighted by atomic mass is 10.2. The average Bonchev–Trinajstić information content (AvgIpc) is 2.22. The van der Waals surface area contributed by atoms with Gasteiger partial charge in [-0.2, -0.15) is 0 Å². The van der Waals surface area contributed by atoms with E-state index in [2.05, 4.69) is 21.2 Å². The van der Waals surface area contributed by atoms with Crippen LogP contribution in [0.4, 0.5) is 0 Å². The highest BCUT2D eigenvalue weighted by Crippen LogP contribution is 2.24. The highest BCUT2D eigenvalue weighted by molar-refractivity contribution is 9.10. The van der Waals surface area contributed by atoms with Gasteiger partial charge in [0.15, 0.2) is 6.10 Å². The molecule has 0 radical (unpaired) electrons. The third kappa shape index (κ3) is 3.50. The summed E-state index contributed by atoms with van der Waals surface area (Å²) in [4.78, 5) is 10.9. The van der Waals surface area contributed by atoms with E-state index >= 15 is 0 Å². The fourth-order valence-corrected chi connectivity index (χ4v) is 1.65. The second-order valence-electron chi connectivity index (χ2n) is 3.44. The normalized spacial score (nSPS) is 12.2. The molecule has 0 saturated carbocycles. The summed E-state index contributed by atoms with van der Waals surface area (Å²) < 4.78 is 6.45. The van der Waals surface area contributed by atoms with Crippen molar-refractivity contribution in [3.05, 3.63) is 28.2 Å². The predicted octanol–water partition coefficient (Wildman–Crippen LogP) is 1.42. The molecule has 0 aliphatic rings. The highest BCUT2D eigenvalue weighted by atomic mass is 79.9. The van der Waals surface area contributed by atoms with Crippen molar-refractivity contribution in [2.75, 3.05) is 7.05 Å². The number of nitrogens with one attached hydrogen (secondary N) is 1. The Bertz CT molecular complexity index is 382. The molecule has 3 N–H and O–H groups in total. The number of hydrogen-bond acceptors (Lipinski definition) is 3. The maximum absolute atomic E-state index is 10.9. The molecule has 88 valence electrons. The number of amides is 1. The van der Waals surface area contributed by atoms with E-state index in [1.807, 2.05) is 25.2 Å². The Morgan fingerprint density at radius 3 is 2.88 bits per heavy atom. The molecule has 16 heavy (non-hydrogen) atoms. The van der Waals surface area contributed by atoms with Crippen LogP contribution in [-0.2, 0) is 11.3 Å². The second kappa shape index (κ2) is 5.86. The lowest BCUT2D eigenvalue weighted by molar-refractivity contribution is -0.124. The zero-order chi connectivity index (χ0) is 12.1. The number of halogens is 1. The summed E-state index contributed by atoms with van der Waals surface area (Å²) in [6.45, 7) is 2.30. The van der Waals surface area contributed by atoms with E-state index in [0.717, 1.165) is 10.0 Å². The fraction of sp³-hybridized carbons (Fsp3) is 0.364. The summed E-state index contributed by atoms with van der Waals surface area (Å²) in [5, 5.41) is 3.04. The molecule has 0 aromatic heterocycles. The minimum Gasteiger partial charge on any atom is -0.481 e. The largest absolute Gasteiger partial charge is 0.481 e. The molecule has 5 heteroatoms. The molecule has 1 atom stereocenters. The molecule has 0 spiro atoms. The van der Waals surface area contributed by atoms with E-state index < -0.39 is 12.0 Å². The summed E-state index contributed by atoms with van der Waals surface area (Å²) >= 11 is 3.39. The van der Waals surface area contributed by atoms with Crippen molar-refractivity contribution in [2.24, 2.45) is 5.73 Å². The van der Waals surface area contributed by atoms with Gasteiger partial charge in [-0.25, -0.2) is 0 Å². The Kier molecular flexibility index (Phi) is 4.76. The quantitative estimate of drug-likeness (QED) is 0.861. The lowest BCUT2D eigenvalue weighted by Gasteiger charge is -2.15. The molecule has 0 aliphatic carbocycles. The van der Waals surface area contributed by atoms with Crippen molar-refractivity contribution < 1.29 is 9.53 Å². The number of carbonyl (C=O) groups is 1. The van der Waals surface area contributed by atoms with Crippen molar-refractivity contribution >= 4 is 21.8 Å². The van der Waals surface area contributed by atoms with Crippen molar-refractivity contribution in [2.45, 2.75) is 19.6 Å². The molecule has 1 aromatic rings. The van der Waals surface area contributed by atoms with Gasteiger partial charge < -0.3 is 15.8 Å². The molecular weight excluding hydrogens is 272 g/mol. The van der Waals surface area contributed by atoms with Crippen LogP contribution < -0.4 is 15.8 Å². The van der Waals surface area contributed by atoms with Crippen LogP contribution >= 0.6 is 15.9 Å². The lowest BCUT2D eigenvalue weighted by Crippen LogP contribution is -2.31. The van der Waals surface area contributed by atoms with Gasteiger partial charge in [-0.1, -0.05) is 15.9 Å². The number of nitrogens with two attached hydrogens (primary N) is 1. The number of primary amides is 1. The first kappa shape index (κ1) is 13.0. The maximum Gasteiger partial charge on any atom is 0.258 e. The van der Waals surface area contributed by atoms with E-state index in [1.165, 1.54) is 0 Å². The SMILES string of the molecule is CNCc1cc(Br)ccc1OC(C)C(N)=O. The minimum atomic E-state index is -0.628. The van der Waals surface area contributed by atoms with Crippen LogP contribution in [0.3, 0.4) is 0 Å². The topological polar surface area (TPSA) is 64.3 Å². The van der Waals surface area contributed by atoms with Gasteiger partial charge in [-0.3, -0.25) is 4.79 Å². The molecule has 4 nitrogen and oxygen atoms in total. The summed E-state index contributed by atoms with van der Waals surface area (Å²) in [5.41, 5.74) is 6.13. The Morgan fingerprint density at radius 1 is 1.62 bits per heavy atom. The third-order valence-corrected chi connectivity index (χ3v) is 2.59. The van der Waals surface area contributed by atoms with Crippen molar-refractivity contribution in [3.63, 3.8) is 0 Å². The Balaban J connectivity index is 2.89. The van der Waals surface area contributed by atoms with Gasteiger partial charge in [0.25, 0.3) is 5.91 Å². The third-order valence-electron chi connectivity index (χ3n) is 2.09. The van der Waals surface area contributed by atoms with E-state index in [4.69, 9.17) is 10.5 Å². The zero-order valence-corrected chi connectivity index (χ0v) is 10.9. The van der Waals surface area contributed by atoms with Gasteiger partial charge in [-0.05, 0) is 32.2 Å². The summed E-state index contributed by atoms with van der Waals surface area (Å²) in [5.74, 6) is 0.196. The van der Waals surface area contributed by atoms with Crippen LogP contribution in [0.25, 0.3) is 0 Å². The molecule has 0 saturated heterocycles. The van der Waals surface area contributed by atoms with Gasteiger partial charge in [0.2, 0.25) is 0 Å². The first-order valence-corrected chi connectivity index (χ1v) is 5.73. The highest BCUT2D eigenvalue weighted by Gasteiger charge is 2.12. The van der Waals surface area contributed by atoms with E-state index in [9.17, 15) is 4.79 Å². The molecule has 0 heterocycles. The molecule has 0 fully saturated rings. The second-order valence-corrected chi connectivity index (χ2v) is 4.36. The Hall–Kier alpha value is -1.07. The first-order chi connectivity index (χ1) is 7.54. The first-order valence-electron chi connectivity index (χ1n) is 4.93. The minimum absolute atomic E-state index is 0.474. The molecule has 0 aliphatic heterocycles. The molecule has 1 amide bonds. The van der Waals surface area contributed by atoms with Crippen LogP contribution in [0, 0.1) is 0 Å². The number of rotatable bonds is 5. The predicted molar refractivity (Wildman–Crippen MR) is 66.2 cm³/mol. The van der Waals surface area contributed by atoms with E-state index in [0.29, 0.717) is 12.3 Å². The Labute approximate surface area is 103 Å². The van der Waals surface area contributed by atoms with Crippen molar-refractivity contribution in [1.29, 1.82) is 0 Å². The summed E-state index contributed by atoms with van der Waals surface area (Å²) in [6, 6.07) is 5.62. The van der Waals surface area contributed by atoms with E-state index in [-0.39, 0.29) is 0 Å². The van der Waals surface area contributed by atoms with Crippen molar-refractivity contribution in [3.8, 4) is 5.75 Å². The molecule has 1 rings (SSSR count). The number of carbonyl (C=O) groups excluding carboxylic acids is 1. The van der Waals surface area contributed by atoms with Crippen molar-refractivity contribution in [1.82, 2.24) is 5.32 Å².